The SMILES string of the molecule is NOC(=O)C(Cc1ccc2ncoc2c1)c1ccccc1. The summed E-state index contributed by atoms with van der Waals surface area (Å²) in [6.07, 6.45) is 1.88. The van der Waals surface area contributed by atoms with Gasteiger partial charge in [-0.25, -0.2) is 9.78 Å². The maximum atomic E-state index is 11.9. The van der Waals surface area contributed by atoms with E-state index in [-0.39, 0.29) is 0 Å². The van der Waals surface area contributed by atoms with Gasteiger partial charge in [-0.15, -0.1) is 0 Å². The average Bonchev–Trinajstić information content (AvgIpc) is 3.00. The summed E-state index contributed by atoms with van der Waals surface area (Å²) < 4.78 is 5.28. The fraction of sp³-hybridized carbons (Fsp3) is 0.125. The van der Waals surface area contributed by atoms with Gasteiger partial charge in [-0.2, -0.15) is 5.90 Å². The molecule has 1 unspecified atom stereocenters. The zero-order chi connectivity index (χ0) is 14.7. The Labute approximate surface area is 121 Å². The minimum Gasteiger partial charge on any atom is -0.443 e. The van der Waals surface area contributed by atoms with Crippen LogP contribution in [0.3, 0.4) is 0 Å². The van der Waals surface area contributed by atoms with Crippen LogP contribution < -0.4 is 5.90 Å². The molecule has 0 spiro atoms. The van der Waals surface area contributed by atoms with Crippen molar-refractivity contribution in [2.45, 2.75) is 12.3 Å². The van der Waals surface area contributed by atoms with Crippen LogP contribution in [0.1, 0.15) is 17.0 Å². The molecule has 0 radical (unpaired) electrons. The fourth-order valence-corrected chi connectivity index (χ4v) is 2.37. The van der Waals surface area contributed by atoms with Gasteiger partial charge in [-0.1, -0.05) is 36.4 Å². The minimum absolute atomic E-state index is 0.448. The molecular formula is C16H14N2O3. The van der Waals surface area contributed by atoms with E-state index in [9.17, 15) is 4.79 Å². The molecule has 5 nitrogen and oxygen atoms in total. The molecule has 0 saturated carbocycles. The molecule has 0 amide bonds. The highest BCUT2D eigenvalue weighted by Gasteiger charge is 2.22. The lowest BCUT2D eigenvalue weighted by atomic mass is 9.92. The quantitative estimate of drug-likeness (QED) is 0.744. The molecule has 0 bridgehead atoms. The zero-order valence-corrected chi connectivity index (χ0v) is 11.2. The summed E-state index contributed by atoms with van der Waals surface area (Å²) in [5, 5.41) is 0. The molecule has 0 saturated heterocycles. The molecule has 2 aromatic carbocycles. The van der Waals surface area contributed by atoms with Gasteiger partial charge in [-0.05, 0) is 29.7 Å². The monoisotopic (exact) mass is 282 g/mol. The maximum absolute atomic E-state index is 11.9. The van der Waals surface area contributed by atoms with Crippen LogP contribution in [0.2, 0.25) is 0 Å². The molecule has 0 aliphatic rings. The Morgan fingerprint density at radius 2 is 2.05 bits per heavy atom. The largest absolute Gasteiger partial charge is 0.443 e. The molecule has 0 aliphatic heterocycles. The first kappa shape index (κ1) is 13.3. The lowest BCUT2D eigenvalue weighted by molar-refractivity contribution is -0.146. The summed E-state index contributed by atoms with van der Waals surface area (Å²) in [4.78, 5) is 20.5. The maximum Gasteiger partial charge on any atom is 0.332 e. The summed E-state index contributed by atoms with van der Waals surface area (Å²) in [5.41, 5.74) is 3.31. The first-order chi connectivity index (χ1) is 10.3. The van der Waals surface area contributed by atoms with E-state index in [0.717, 1.165) is 16.6 Å². The van der Waals surface area contributed by atoms with Gasteiger partial charge in [0.05, 0.1) is 5.92 Å². The molecule has 5 heteroatoms. The van der Waals surface area contributed by atoms with E-state index < -0.39 is 11.9 Å². The third-order valence-corrected chi connectivity index (χ3v) is 3.44. The summed E-state index contributed by atoms with van der Waals surface area (Å²) in [6, 6.07) is 15.1. The predicted octanol–water partition coefficient (Wildman–Crippen LogP) is 2.57. The topological polar surface area (TPSA) is 78.4 Å². The number of oxazole rings is 1. The van der Waals surface area contributed by atoms with Gasteiger partial charge in [0.1, 0.15) is 5.52 Å². The average molecular weight is 282 g/mol. The minimum atomic E-state index is -0.459. The number of carbonyl (C=O) groups is 1. The van der Waals surface area contributed by atoms with E-state index in [1.807, 2.05) is 48.5 Å². The number of hydrogen-bond acceptors (Lipinski definition) is 5. The number of carbonyl (C=O) groups excluding carboxylic acids is 1. The third kappa shape index (κ3) is 2.78. The molecule has 0 fully saturated rings. The van der Waals surface area contributed by atoms with E-state index in [4.69, 9.17) is 10.3 Å². The second-order valence-electron chi connectivity index (χ2n) is 4.76. The summed E-state index contributed by atoms with van der Waals surface area (Å²) in [6.45, 7) is 0. The van der Waals surface area contributed by atoms with Crippen molar-refractivity contribution in [2.24, 2.45) is 5.90 Å². The van der Waals surface area contributed by atoms with Crippen molar-refractivity contribution in [3.63, 3.8) is 0 Å². The second kappa shape index (κ2) is 5.76. The van der Waals surface area contributed by atoms with E-state index in [2.05, 4.69) is 9.82 Å². The van der Waals surface area contributed by atoms with Crippen LogP contribution in [0.25, 0.3) is 11.1 Å². The molecule has 2 N–H and O–H groups in total. The van der Waals surface area contributed by atoms with Gasteiger partial charge in [0.2, 0.25) is 0 Å². The Morgan fingerprint density at radius 3 is 2.81 bits per heavy atom. The highest BCUT2D eigenvalue weighted by molar-refractivity contribution is 5.79. The van der Waals surface area contributed by atoms with E-state index >= 15 is 0 Å². The van der Waals surface area contributed by atoms with Crippen LogP contribution in [0.4, 0.5) is 0 Å². The van der Waals surface area contributed by atoms with E-state index in [1.54, 1.807) is 0 Å². The lowest BCUT2D eigenvalue weighted by Crippen LogP contribution is -2.21. The van der Waals surface area contributed by atoms with Gasteiger partial charge >= 0.3 is 5.97 Å². The Balaban J connectivity index is 1.92. The van der Waals surface area contributed by atoms with Gasteiger partial charge in [0, 0.05) is 0 Å². The Kier molecular flexibility index (Phi) is 3.66. The molecule has 1 atom stereocenters. The fourth-order valence-electron chi connectivity index (χ4n) is 2.37. The standard InChI is InChI=1S/C16H14N2O3/c17-21-16(19)13(12-4-2-1-3-5-12)8-11-6-7-14-15(9-11)20-10-18-14/h1-7,9-10,13H,8,17H2. The molecular weight excluding hydrogens is 268 g/mol. The second-order valence-corrected chi connectivity index (χ2v) is 4.76. The molecule has 1 heterocycles. The van der Waals surface area contributed by atoms with Crippen molar-refractivity contribution in [3.05, 3.63) is 66.1 Å². The first-order valence-electron chi connectivity index (χ1n) is 6.55. The molecule has 106 valence electrons. The van der Waals surface area contributed by atoms with Crippen molar-refractivity contribution in [1.82, 2.24) is 4.98 Å². The van der Waals surface area contributed by atoms with Gasteiger partial charge in [-0.3, -0.25) is 0 Å². The van der Waals surface area contributed by atoms with Crippen LogP contribution in [-0.4, -0.2) is 11.0 Å². The predicted molar refractivity (Wildman–Crippen MR) is 77.2 cm³/mol. The molecule has 3 aromatic rings. The van der Waals surface area contributed by atoms with Gasteiger partial charge in [0.25, 0.3) is 0 Å². The highest BCUT2D eigenvalue weighted by Crippen LogP contribution is 2.24. The smallest absolute Gasteiger partial charge is 0.332 e. The Hall–Kier alpha value is -2.66. The zero-order valence-electron chi connectivity index (χ0n) is 11.2. The van der Waals surface area contributed by atoms with E-state index in [1.165, 1.54) is 6.39 Å². The van der Waals surface area contributed by atoms with Crippen molar-refractivity contribution in [3.8, 4) is 0 Å². The molecule has 3 rings (SSSR count). The van der Waals surface area contributed by atoms with Crippen molar-refractivity contribution in [1.29, 1.82) is 0 Å². The number of rotatable bonds is 4. The van der Waals surface area contributed by atoms with Gasteiger partial charge < -0.3 is 9.25 Å². The summed E-state index contributed by atoms with van der Waals surface area (Å²) in [5.74, 6) is 4.15. The van der Waals surface area contributed by atoms with Crippen LogP contribution >= 0.6 is 0 Å². The number of benzene rings is 2. The van der Waals surface area contributed by atoms with Crippen LogP contribution in [-0.2, 0) is 16.1 Å². The van der Waals surface area contributed by atoms with Crippen LogP contribution in [0.5, 0.6) is 0 Å². The Bertz CT molecular complexity index is 752. The first-order valence-corrected chi connectivity index (χ1v) is 6.55. The number of fused-ring (bicyclic) bond motifs is 1. The third-order valence-electron chi connectivity index (χ3n) is 3.44. The van der Waals surface area contributed by atoms with Crippen molar-refractivity contribution >= 4 is 17.1 Å². The van der Waals surface area contributed by atoms with Crippen LogP contribution in [0, 0.1) is 0 Å². The number of hydrogen-bond donors (Lipinski definition) is 1. The van der Waals surface area contributed by atoms with E-state index in [0.29, 0.717) is 12.0 Å². The lowest BCUT2D eigenvalue weighted by Gasteiger charge is -2.14. The summed E-state index contributed by atoms with van der Waals surface area (Å²) in [7, 11) is 0. The highest BCUT2D eigenvalue weighted by atomic mass is 16.7. The van der Waals surface area contributed by atoms with Crippen molar-refractivity contribution < 1.29 is 14.0 Å². The molecule has 0 aliphatic carbocycles. The number of aromatic nitrogens is 1. The normalized spacial score (nSPS) is 12.2. The van der Waals surface area contributed by atoms with Gasteiger partial charge in [0.15, 0.2) is 12.0 Å². The Morgan fingerprint density at radius 1 is 1.24 bits per heavy atom. The molecule has 21 heavy (non-hydrogen) atoms. The number of nitrogens with zero attached hydrogens (tertiary/aromatic N) is 1. The summed E-state index contributed by atoms with van der Waals surface area (Å²) >= 11 is 0. The molecule has 1 aromatic heterocycles. The number of nitrogens with two attached hydrogens (primary N) is 1. The van der Waals surface area contributed by atoms with Crippen molar-refractivity contribution in [2.75, 3.05) is 0 Å². The van der Waals surface area contributed by atoms with Crippen LogP contribution in [0.15, 0.2) is 59.3 Å².